The Morgan fingerprint density at radius 1 is 1.50 bits per heavy atom. The van der Waals surface area contributed by atoms with Crippen LogP contribution in [0.5, 0.6) is 0 Å². The van der Waals surface area contributed by atoms with Crippen molar-refractivity contribution in [2.24, 2.45) is 0 Å². The van der Waals surface area contributed by atoms with Gasteiger partial charge in [0.2, 0.25) is 0 Å². The maximum atomic E-state index is 10.8. The van der Waals surface area contributed by atoms with Gasteiger partial charge in [0.1, 0.15) is 6.10 Å². The molecule has 4 nitrogen and oxygen atoms in total. The third-order valence-electron chi connectivity index (χ3n) is 3.77. The molecule has 0 spiro atoms. The van der Waals surface area contributed by atoms with E-state index >= 15 is 0 Å². The molecule has 0 bridgehead atoms. The average molecular weight is 317 g/mol. The van der Waals surface area contributed by atoms with Gasteiger partial charge in [-0.25, -0.2) is 0 Å². The van der Waals surface area contributed by atoms with E-state index in [1.807, 2.05) is 18.5 Å². The van der Waals surface area contributed by atoms with E-state index in [4.69, 9.17) is 4.74 Å². The number of aryl methyl sites for hydroxylation is 1. The van der Waals surface area contributed by atoms with Crippen LogP contribution in [0.1, 0.15) is 51.3 Å². The maximum Gasteiger partial charge on any atom is 0.126 e. The second-order valence-electron chi connectivity index (χ2n) is 4.80. The summed E-state index contributed by atoms with van der Waals surface area (Å²) in [6.07, 6.45) is 5.21. The van der Waals surface area contributed by atoms with Gasteiger partial charge in [-0.15, -0.1) is 0 Å². The second-order valence-corrected chi connectivity index (χ2v) is 5.66. The van der Waals surface area contributed by atoms with Gasteiger partial charge in [0.15, 0.2) is 0 Å². The minimum atomic E-state index is -0.614. The zero-order chi connectivity index (χ0) is 13.2. The molecule has 1 aromatic rings. The summed E-state index contributed by atoms with van der Waals surface area (Å²) in [7, 11) is 0. The van der Waals surface area contributed by atoms with Crippen LogP contribution in [-0.4, -0.2) is 27.1 Å². The quantitative estimate of drug-likeness (QED) is 0.908. The van der Waals surface area contributed by atoms with Gasteiger partial charge >= 0.3 is 0 Å². The first-order valence-electron chi connectivity index (χ1n) is 6.68. The molecule has 1 aliphatic carbocycles. The van der Waals surface area contributed by atoms with E-state index in [1.54, 1.807) is 6.20 Å². The van der Waals surface area contributed by atoms with E-state index in [-0.39, 0.29) is 0 Å². The van der Waals surface area contributed by atoms with Crippen LogP contribution in [0.15, 0.2) is 10.7 Å². The number of halogens is 1. The first-order chi connectivity index (χ1) is 8.64. The van der Waals surface area contributed by atoms with Crippen LogP contribution in [0.4, 0.5) is 0 Å². The van der Waals surface area contributed by atoms with E-state index in [0.29, 0.717) is 6.61 Å². The topological polar surface area (TPSA) is 47.3 Å². The Kier molecular flexibility index (Phi) is 4.45. The smallest absolute Gasteiger partial charge is 0.126 e. The summed E-state index contributed by atoms with van der Waals surface area (Å²) >= 11 is 3.48. The molecule has 102 valence electrons. The Balaban J connectivity index is 2.33. The Hall–Kier alpha value is -0.390. The molecule has 18 heavy (non-hydrogen) atoms. The van der Waals surface area contributed by atoms with E-state index in [0.717, 1.165) is 42.4 Å². The summed E-state index contributed by atoms with van der Waals surface area (Å²) in [5, 5.41) is 15.0. The minimum absolute atomic E-state index is 0.426. The zero-order valence-electron chi connectivity index (χ0n) is 11.0. The van der Waals surface area contributed by atoms with Crippen molar-refractivity contribution >= 4 is 15.9 Å². The molecule has 1 unspecified atom stereocenters. The molecule has 1 N–H and O–H groups in total. The normalized spacial score (nSPS) is 20.2. The SMILES string of the molecule is CCOC1(C(O)c2c(Br)cnn2CC)CCCC1. The summed E-state index contributed by atoms with van der Waals surface area (Å²) in [6.45, 7) is 5.39. The van der Waals surface area contributed by atoms with Crippen molar-refractivity contribution in [3.8, 4) is 0 Å². The molecule has 2 rings (SSSR count). The molecular formula is C13H21BrN2O2. The molecule has 1 aromatic heterocycles. The summed E-state index contributed by atoms with van der Waals surface area (Å²) in [4.78, 5) is 0. The molecule has 0 radical (unpaired) electrons. The van der Waals surface area contributed by atoms with Crippen LogP contribution in [0.3, 0.4) is 0 Å². The molecule has 1 saturated carbocycles. The lowest BCUT2D eigenvalue weighted by Crippen LogP contribution is -2.38. The van der Waals surface area contributed by atoms with Gasteiger partial charge < -0.3 is 9.84 Å². The van der Waals surface area contributed by atoms with Gasteiger partial charge in [-0.2, -0.15) is 5.10 Å². The number of aromatic nitrogens is 2. The third-order valence-corrected chi connectivity index (χ3v) is 4.38. The van der Waals surface area contributed by atoms with Crippen molar-refractivity contribution in [2.75, 3.05) is 6.61 Å². The van der Waals surface area contributed by atoms with Gasteiger partial charge in [0, 0.05) is 13.2 Å². The largest absolute Gasteiger partial charge is 0.384 e. The molecule has 0 amide bonds. The van der Waals surface area contributed by atoms with Crippen molar-refractivity contribution in [1.82, 2.24) is 9.78 Å². The van der Waals surface area contributed by atoms with Crippen LogP contribution < -0.4 is 0 Å². The molecule has 1 fully saturated rings. The number of aliphatic hydroxyl groups excluding tert-OH is 1. The highest BCUT2D eigenvalue weighted by molar-refractivity contribution is 9.10. The lowest BCUT2D eigenvalue weighted by atomic mass is 9.92. The van der Waals surface area contributed by atoms with Crippen molar-refractivity contribution in [2.45, 2.75) is 57.8 Å². The van der Waals surface area contributed by atoms with Crippen LogP contribution in [0.25, 0.3) is 0 Å². The molecule has 0 aromatic carbocycles. The zero-order valence-corrected chi connectivity index (χ0v) is 12.6. The molecule has 0 aliphatic heterocycles. The Morgan fingerprint density at radius 3 is 2.72 bits per heavy atom. The highest BCUT2D eigenvalue weighted by Crippen LogP contribution is 2.44. The van der Waals surface area contributed by atoms with Crippen LogP contribution in [0.2, 0.25) is 0 Å². The summed E-state index contributed by atoms with van der Waals surface area (Å²) in [5.74, 6) is 0. The summed E-state index contributed by atoms with van der Waals surface area (Å²) < 4.78 is 8.62. The maximum absolute atomic E-state index is 10.8. The first-order valence-corrected chi connectivity index (χ1v) is 7.47. The summed E-state index contributed by atoms with van der Waals surface area (Å²) in [6, 6.07) is 0. The Bertz CT molecular complexity index is 400. The fourth-order valence-electron chi connectivity index (χ4n) is 2.90. The predicted molar refractivity (Wildman–Crippen MR) is 73.4 cm³/mol. The van der Waals surface area contributed by atoms with E-state index < -0.39 is 11.7 Å². The summed E-state index contributed by atoms with van der Waals surface area (Å²) in [5.41, 5.74) is 0.414. The number of nitrogens with zero attached hydrogens (tertiary/aromatic N) is 2. The molecule has 1 aliphatic rings. The predicted octanol–water partition coefficient (Wildman–Crippen LogP) is 3.05. The van der Waals surface area contributed by atoms with E-state index in [1.165, 1.54) is 0 Å². The van der Waals surface area contributed by atoms with E-state index in [2.05, 4.69) is 21.0 Å². The average Bonchev–Trinajstić information content (AvgIpc) is 2.96. The van der Waals surface area contributed by atoms with Gasteiger partial charge in [-0.3, -0.25) is 4.68 Å². The Morgan fingerprint density at radius 2 is 2.17 bits per heavy atom. The number of hydrogen-bond acceptors (Lipinski definition) is 3. The number of aliphatic hydroxyl groups is 1. The Labute approximate surface area is 116 Å². The standard InChI is InChI=1S/C13H21BrN2O2/c1-3-16-11(10(14)9-15-16)12(17)13(18-4-2)7-5-6-8-13/h9,12,17H,3-8H2,1-2H3. The molecular weight excluding hydrogens is 296 g/mol. The number of rotatable bonds is 5. The van der Waals surface area contributed by atoms with Crippen LogP contribution in [0, 0.1) is 0 Å². The lowest BCUT2D eigenvalue weighted by molar-refractivity contribution is -0.121. The lowest BCUT2D eigenvalue weighted by Gasteiger charge is -2.34. The highest BCUT2D eigenvalue weighted by Gasteiger charge is 2.44. The van der Waals surface area contributed by atoms with Crippen LogP contribution >= 0.6 is 15.9 Å². The van der Waals surface area contributed by atoms with E-state index in [9.17, 15) is 5.11 Å². The molecule has 0 saturated heterocycles. The first kappa shape index (κ1) is 14.0. The number of hydrogen-bond donors (Lipinski definition) is 1. The second kappa shape index (κ2) is 5.72. The van der Waals surface area contributed by atoms with Crippen molar-refractivity contribution in [3.05, 3.63) is 16.4 Å². The van der Waals surface area contributed by atoms with Crippen LogP contribution in [-0.2, 0) is 11.3 Å². The van der Waals surface area contributed by atoms with Crippen molar-refractivity contribution in [3.63, 3.8) is 0 Å². The van der Waals surface area contributed by atoms with Gasteiger partial charge in [0.05, 0.1) is 22.0 Å². The third kappa shape index (κ3) is 2.36. The van der Waals surface area contributed by atoms with Crippen molar-refractivity contribution < 1.29 is 9.84 Å². The minimum Gasteiger partial charge on any atom is -0.384 e. The number of ether oxygens (including phenoxy) is 1. The monoisotopic (exact) mass is 316 g/mol. The van der Waals surface area contributed by atoms with Gasteiger partial charge in [-0.1, -0.05) is 12.8 Å². The fraction of sp³-hybridized carbons (Fsp3) is 0.769. The highest BCUT2D eigenvalue weighted by atomic mass is 79.9. The molecule has 1 heterocycles. The molecule has 1 atom stereocenters. The fourth-order valence-corrected chi connectivity index (χ4v) is 3.42. The van der Waals surface area contributed by atoms with Crippen molar-refractivity contribution in [1.29, 1.82) is 0 Å². The van der Waals surface area contributed by atoms with Gasteiger partial charge in [-0.05, 0) is 42.6 Å². The van der Waals surface area contributed by atoms with Gasteiger partial charge in [0.25, 0.3) is 0 Å². The molecule has 5 heteroatoms.